The lowest BCUT2D eigenvalue weighted by molar-refractivity contribution is 0.0510. The smallest absolute Gasteiger partial charge is 0.356 e. The fourth-order valence-corrected chi connectivity index (χ4v) is 2.86. The highest BCUT2D eigenvalue weighted by atomic mass is 16.5. The van der Waals surface area contributed by atoms with E-state index in [0.717, 1.165) is 29.9 Å². The van der Waals surface area contributed by atoms with E-state index in [1.54, 1.807) is 0 Å². The highest BCUT2D eigenvalue weighted by molar-refractivity contribution is 5.89. The monoisotopic (exact) mass is 328 g/mol. The summed E-state index contributed by atoms with van der Waals surface area (Å²) in [6, 6.07) is 10.0. The molecule has 128 valence electrons. The maximum Gasteiger partial charge on any atom is 0.356 e. The third-order valence-electron chi connectivity index (χ3n) is 4.17. The van der Waals surface area contributed by atoms with Gasteiger partial charge >= 0.3 is 5.97 Å². The number of hydrogen-bond donors (Lipinski definition) is 0. The minimum Gasteiger partial charge on any atom is -0.461 e. The van der Waals surface area contributed by atoms with Crippen LogP contribution in [0.1, 0.15) is 60.2 Å². The normalized spacial score (nSPS) is 13.9. The second-order valence-corrected chi connectivity index (χ2v) is 5.98. The van der Waals surface area contributed by atoms with Gasteiger partial charge < -0.3 is 14.0 Å². The van der Waals surface area contributed by atoms with Gasteiger partial charge in [0, 0.05) is 12.5 Å². The van der Waals surface area contributed by atoms with E-state index in [-0.39, 0.29) is 5.97 Å². The Kier molecular flexibility index (Phi) is 5.30. The quantitative estimate of drug-likeness (QED) is 0.694. The number of esters is 1. The van der Waals surface area contributed by atoms with Crippen LogP contribution < -0.4 is 0 Å². The molecule has 0 bridgehead atoms. The van der Waals surface area contributed by atoms with Crippen molar-refractivity contribution in [1.29, 1.82) is 0 Å². The summed E-state index contributed by atoms with van der Waals surface area (Å²) < 4.78 is 13.0. The van der Waals surface area contributed by atoms with Crippen LogP contribution in [0.3, 0.4) is 0 Å². The van der Waals surface area contributed by atoms with Crippen molar-refractivity contribution in [2.24, 2.45) is 0 Å². The number of carbonyl (C=O) groups is 1. The van der Waals surface area contributed by atoms with Crippen molar-refractivity contribution in [1.82, 2.24) is 9.55 Å². The molecule has 1 aliphatic rings. The first-order chi connectivity index (χ1) is 11.7. The summed E-state index contributed by atoms with van der Waals surface area (Å²) in [5.41, 5.74) is 2.62. The summed E-state index contributed by atoms with van der Waals surface area (Å²) in [6.07, 6.45) is 2.19. The summed E-state index contributed by atoms with van der Waals surface area (Å²) >= 11 is 0. The summed E-state index contributed by atoms with van der Waals surface area (Å²) in [5.74, 6) is 0.923. The zero-order chi connectivity index (χ0) is 16.9. The number of hydrogen-bond acceptors (Lipinski definition) is 4. The van der Waals surface area contributed by atoms with Crippen LogP contribution in [0.15, 0.2) is 30.3 Å². The molecule has 0 spiro atoms. The van der Waals surface area contributed by atoms with Crippen LogP contribution >= 0.6 is 0 Å². The molecule has 5 nitrogen and oxygen atoms in total. The van der Waals surface area contributed by atoms with Crippen molar-refractivity contribution < 1.29 is 14.3 Å². The zero-order valence-electron chi connectivity index (χ0n) is 14.3. The largest absolute Gasteiger partial charge is 0.461 e. The number of imidazole rings is 1. The Morgan fingerprint density at radius 1 is 1.21 bits per heavy atom. The summed E-state index contributed by atoms with van der Waals surface area (Å²) in [4.78, 5) is 17.1. The first kappa shape index (κ1) is 16.7. The molecule has 1 aliphatic carbocycles. The van der Waals surface area contributed by atoms with Crippen molar-refractivity contribution in [3.05, 3.63) is 53.1 Å². The molecule has 1 saturated carbocycles. The van der Waals surface area contributed by atoms with Crippen LogP contribution in [0.4, 0.5) is 0 Å². The molecule has 0 aliphatic heterocycles. The third kappa shape index (κ3) is 3.67. The Morgan fingerprint density at radius 2 is 1.96 bits per heavy atom. The van der Waals surface area contributed by atoms with Gasteiger partial charge in [0.25, 0.3) is 0 Å². The zero-order valence-corrected chi connectivity index (χ0v) is 14.3. The van der Waals surface area contributed by atoms with Gasteiger partial charge in [-0.05, 0) is 32.3 Å². The standard InChI is InChI=1S/C19H24N2O3/c1-3-21-16(13-23-12-14-8-6-5-7-9-14)20-17(15-10-11-15)18(21)19(22)24-4-2/h5-9,15H,3-4,10-13H2,1-2H3. The van der Waals surface area contributed by atoms with E-state index >= 15 is 0 Å². The molecule has 0 amide bonds. The van der Waals surface area contributed by atoms with Gasteiger partial charge in [-0.25, -0.2) is 9.78 Å². The number of carbonyl (C=O) groups excluding carboxylic acids is 1. The maximum atomic E-state index is 12.4. The fourth-order valence-electron chi connectivity index (χ4n) is 2.86. The van der Waals surface area contributed by atoms with Crippen LogP contribution in [0.2, 0.25) is 0 Å². The van der Waals surface area contributed by atoms with Crippen LogP contribution in [0.5, 0.6) is 0 Å². The summed E-state index contributed by atoms with van der Waals surface area (Å²) in [5, 5.41) is 0. The molecule has 0 atom stereocenters. The Bertz CT molecular complexity index is 690. The Balaban J connectivity index is 1.77. The second kappa shape index (κ2) is 7.62. The first-order valence-electron chi connectivity index (χ1n) is 8.62. The van der Waals surface area contributed by atoms with Gasteiger partial charge in [-0.3, -0.25) is 0 Å². The lowest BCUT2D eigenvalue weighted by atomic mass is 10.2. The molecular weight excluding hydrogens is 304 g/mol. The predicted octanol–water partition coefficient (Wildman–Crippen LogP) is 3.67. The second-order valence-electron chi connectivity index (χ2n) is 5.98. The third-order valence-corrected chi connectivity index (χ3v) is 4.17. The molecular formula is C19H24N2O3. The first-order valence-corrected chi connectivity index (χ1v) is 8.62. The van der Waals surface area contributed by atoms with E-state index in [4.69, 9.17) is 14.5 Å². The molecule has 24 heavy (non-hydrogen) atoms. The van der Waals surface area contributed by atoms with Gasteiger partial charge in [-0.2, -0.15) is 0 Å². The highest BCUT2D eigenvalue weighted by Gasteiger charge is 2.34. The fraction of sp³-hybridized carbons (Fsp3) is 0.474. The van der Waals surface area contributed by atoms with Crippen molar-refractivity contribution in [3.63, 3.8) is 0 Å². The highest BCUT2D eigenvalue weighted by Crippen LogP contribution is 2.41. The molecule has 3 rings (SSSR count). The van der Waals surface area contributed by atoms with Gasteiger partial charge in [-0.15, -0.1) is 0 Å². The minimum absolute atomic E-state index is 0.275. The van der Waals surface area contributed by atoms with E-state index in [1.165, 1.54) is 0 Å². The molecule has 2 aromatic rings. The maximum absolute atomic E-state index is 12.4. The summed E-state index contributed by atoms with van der Waals surface area (Å²) in [7, 11) is 0. The average Bonchev–Trinajstić information content (AvgIpc) is 3.37. The predicted molar refractivity (Wildman–Crippen MR) is 90.8 cm³/mol. The van der Waals surface area contributed by atoms with E-state index < -0.39 is 0 Å². The number of ether oxygens (including phenoxy) is 2. The lowest BCUT2D eigenvalue weighted by Gasteiger charge is -2.10. The van der Waals surface area contributed by atoms with Crippen LogP contribution in [-0.4, -0.2) is 22.1 Å². The Labute approximate surface area is 142 Å². The summed E-state index contributed by atoms with van der Waals surface area (Å²) in [6.45, 7) is 5.81. The van der Waals surface area contributed by atoms with Crippen molar-refractivity contribution in [2.45, 2.75) is 52.4 Å². The van der Waals surface area contributed by atoms with Crippen LogP contribution in [-0.2, 0) is 29.2 Å². The van der Waals surface area contributed by atoms with Gasteiger partial charge in [0.05, 0.1) is 18.9 Å². The van der Waals surface area contributed by atoms with Crippen molar-refractivity contribution in [2.75, 3.05) is 6.61 Å². The molecule has 0 N–H and O–H groups in total. The topological polar surface area (TPSA) is 53.4 Å². The van der Waals surface area contributed by atoms with Crippen LogP contribution in [0, 0.1) is 0 Å². The van der Waals surface area contributed by atoms with Crippen LogP contribution in [0.25, 0.3) is 0 Å². The van der Waals surface area contributed by atoms with Gasteiger partial charge in [0.2, 0.25) is 0 Å². The number of rotatable bonds is 8. The van der Waals surface area contributed by atoms with Gasteiger partial charge in [-0.1, -0.05) is 30.3 Å². The van der Waals surface area contributed by atoms with Crippen molar-refractivity contribution >= 4 is 5.97 Å². The SMILES string of the molecule is CCOC(=O)c1c(C2CC2)nc(COCc2ccccc2)n1CC. The van der Waals surface area contributed by atoms with E-state index in [1.807, 2.05) is 48.7 Å². The molecule has 0 radical (unpaired) electrons. The molecule has 1 heterocycles. The number of aromatic nitrogens is 2. The van der Waals surface area contributed by atoms with E-state index in [9.17, 15) is 4.79 Å². The number of benzene rings is 1. The molecule has 1 fully saturated rings. The molecule has 1 aromatic heterocycles. The molecule has 0 unspecified atom stereocenters. The Morgan fingerprint density at radius 3 is 2.58 bits per heavy atom. The molecule has 0 saturated heterocycles. The number of nitrogens with zero attached hydrogens (tertiary/aromatic N) is 2. The molecule has 1 aromatic carbocycles. The Hall–Kier alpha value is -2.14. The average molecular weight is 328 g/mol. The van der Waals surface area contributed by atoms with E-state index in [0.29, 0.717) is 38.0 Å². The lowest BCUT2D eigenvalue weighted by Crippen LogP contribution is -2.15. The van der Waals surface area contributed by atoms with E-state index in [2.05, 4.69) is 0 Å². The van der Waals surface area contributed by atoms with Gasteiger partial charge in [0.1, 0.15) is 12.4 Å². The molecule has 5 heteroatoms. The minimum atomic E-state index is -0.275. The van der Waals surface area contributed by atoms with Gasteiger partial charge in [0.15, 0.2) is 5.69 Å². The van der Waals surface area contributed by atoms with Crippen molar-refractivity contribution in [3.8, 4) is 0 Å².